The molecule has 0 aliphatic heterocycles. The van der Waals surface area contributed by atoms with Crippen molar-refractivity contribution in [1.29, 1.82) is 0 Å². The Balaban J connectivity index is 1.10. The predicted molar refractivity (Wildman–Crippen MR) is 221 cm³/mol. The summed E-state index contributed by atoms with van der Waals surface area (Å²) in [5, 5.41) is 6.11. The monoisotopic (exact) mass is 686 g/mol. The van der Waals surface area contributed by atoms with Gasteiger partial charge in [0, 0.05) is 32.4 Å². The summed E-state index contributed by atoms with van der Waals surface area (Å²) in [5.74, 6) is 0. The number of nitrogens with zero attached hydrogens (tertiary/aromatic N) is 2. The van der Waals surface area contributed by atoms with Gasteiger partial charge < -0.3 is 4.90 Å². The van der Waals surface area contributed by atoms with Crippen LogP contribution in [0.5, 0.6) is 0 Å². The molecule has 0 atom stereocenters. The number of hydrogen-bond donors (Lipinski definition) is 0. The number of thiazole rings is 1. The molecular weight excluding hydrogens is 657 g/mol. The van der Waals surface area contributed by atoms with Gasteiger partial charge in [0.25, 0.3) is 0 Å². The zero-order chi connectivity index (χ0) is 33.7. The van der Waals surface area contributed by atoms with Crippen LogP contribution in [-0.4, -0.2) is 4.98 Å². The normalized spacial score (nSPS) is 11.5. The lowest BCUT2D eigenvalue weighted by Gasteiger charge is -2.26. The first-order valence-corrected chi connectivity index (χ1v) is 18.7. The maximum atomic E-state index is 5.05. The fourth-order valence-corrected chi connectivity index (χ4v) is 9.33. The molecule has 0 aliphatic rings. The first-order valence-electron chi connectivity index (χ1n) is 17.1. The highest BCUT2D eigenvalue weighted by Crippen LogP contribution is 2.46. The zero-order valence-corrected chi connectivity index (χ0v) is 29.2. The molecule has 0 bridgehead atoms. The molecule has 4 heteroatoms. The Kier molecular flexibility index (Phi) is 7.23. The molecule has 8 aromatic carbocycles. The molecule has 2 nitrogen and oxygen atoms in total. The topological polar surface area (TPSA) is 16.1 Å². The van der Waals surface area contributed by atoms with Crippen molar-refractivity contribution in [1.82, 2.24) is 4.98 Å². The van der Waals surface area contributed by atoms with Crippen molar-refractivity contribution in [3.05, 3.63) is 182 Å². The average molecular weight is 687 g/mol. The Morgan fingerprint density at radius 2 is 1.00 bits per heavy atom. The van der Waals surface area contributed by atoms with Crippen molar-refractivity contribution in [2.24, 2.45) is 0 Å². The maximum Gasteiger partial charge on any atom is 0.124 e. The van der Waals surface area contributed by atoms with Crippen molar-refractivity contribution in [2.45, 2.75) is 0 Å². The molecule has 0 saturated carbocycles. The van der Waals surface area contributed by atoms with Crippen LogP contribution >= 0.6 is 22.7 Å². The second kappa shape index (κ2) is 12.4. The Hall–Kier alpha value is -6.07. The first-order chi connectivity index (χ1) is 25.2. The summed E-state index contributed by atoms with van der Waals surface area (Å²) >= 11 is 3.61. The molecule has 240 valence electrons. The number of benzene rings is 8. The van der Waals surface area contributed by atoms with E-state index in [1.807, 2.05) is 11.3 Å². The van der Waals surface area contributed by atoms with Crippen molar-refractivity contribution in [3.63, 3.8) is 0 Å². The van der Waals surface area contributed by atoms with Crippen LogP contribution in [0.4, 0.5) is 17.1 Å². The van der Waals surface area contributed by atoms with E-state index in [1.165, 1.54) is 63.6 Å². The zero-order valence-electron chi connectivity index (χ0n) is 27.5. The fraction of sp³-hybridized carbons (Fsp3) is 0. The number of rotatable bonds is 6. The summed E-state index contributed by atoms with van der Waals surface area (Å²) in [7, 11) is 0. The summed E-state index contributed by atoms with van der Waals surface area (Å²) in [5.41, 5.74) is 10.5. The minimum absolute atomic E-state index is 1.05. The SMILES string of the molecule is c1ccc(-c2ccc(N(c3ccc(-c4ccc5ccccc5c4)cc3)c3cccc4c3sc3cc5nc(-c6ccccc6)sc5cc34)cc2)cc1. The lowest BCUT2D eigenvalue weighted by Crippen LogP contribution is -2.10. The highest BCUT2D eigenvalue weighted by atomic mass is 32.1. The third-order valence-corrected chi connectivity index (χ3v) is 11.9. The van der Waals surface area contributed by atoms with Gasteiger partial charge in [-0.3, -0.25) is 0 Å². The second-order valence-electron chi connectivity index (χ2n) is 12.8. The van der Waals surface area contributed by atoms with E-state index in [-0.39, 0.29) is 0 Å². The molecule has 0 amide bonds. The van der Waals surface area contributed by atoms with Crippen LogP contribution in [0, 0.1) is 0 Å². The van der Waals surface area contributed by atoms with E-state index in [1.54, 1.807) is 11.3 Å². The van der Waals surface area contributed by atoms with Gasteiger partial charge in [0.1, 0.15) is 5.01 Å². The van der Waals surface area contributed by atoms with E-state index >= 15 is 0 Å². The predicted octanol–water partition coefficient (Wildman–Crippen LogP) is 14.3. The summed E-state index contributed by atoms with van der Waals surface area (Å²) in [4.78, 5) is 7.46. The highest BCUT2D eigenvalue weighted by molar-refractivity contribution is 7.27. The molecule has 51 heavy (non-hydrogen) atoms. The summed E-state index contributed by atoms with van der Waals surface area (Å²) in [6, 6.07) is 65.6. The molecule has 2 aromatic heterocycles. The van der Waals surface area contributed by atoms with Crippen molar-refractivity contribution < 1.29 is 0 Å². The smallest absolute Gasteiger partial charge is 0.124 e. The molecular formula is C47H30N2S2. The Morgan fingerprint density at radius 3 is 1.73 bits per heavy atom. The molecule has 2 heterocycles. The van der Waals surface area contributed by atoms with Crippen LogP contribution in [0.3, 0.4) is 0 Å². The van der Waals surface area contributed by atoms with Gasteiger partial charge in [-0.15, -0.1) is 22.7 Å². The Morgan fingerprint density at radius 1 is 0.392 bits per heavy atom. The highest BCUT2D eigenvalue weighted by Gasteiger charge is 2.19. The van der Waals surface area contributed by atoms with Crippen LogP contribution in [0.1, 0.15) is 0 Å². The van der Waals surface area contributed by atoms with E-state index in [4.69, 9.17) is 4.98 Å². The second-order valence-corrected chi connectivity index (χ2v) is 14.9. The minimum Gasteiger partial charge on any atom is -0.309 e. The number of hydrogen-bond acceptors (Lipinski definition) is 4. The number of aromatic nitrogens is 1. The van der Waals surface area contributed by atoms with Crippen LogP contribution in [0.15, 0.2) is 182 Å². The maximum absolute atomic E-state index is 5.05. The van der Waals surface area contributed by atoms with Crippen LogP contribution in [0.25, 0.3) is 74.0 Å². The fourth-order valence-electron chi connectivity index (χ4n) is 7.12. The van der Waals surface area contributed by atoms with Crippen molar-refractivity contribution >= 4 is 80.9 Å². The molecule has 10 rings (SSSR count). The Labute approximate surface area is 304 Å². The van der Waals surface area contributed by atoms with E-state index in [2.05, 4.69) is 187 Å². The summed E-state index contributed by atoms with van der Waals surface area (Å²) < 4.78 is 3.73. The standard InChI is InChI=1S/C47H30N2S2/c1-3-10-31(11-4-1)33-20-24-38(25-21-33)49(39-26-22-34(23-27-39)37-19-18-32-12-7-8-15-36(32)28-37)43-17-9-16-40-41-29-45-42(30-44(41)50-46(40)43)48-47(51-45)35-13-5-2-6-14-35/h1-30H. The van der Waals surface area contributed by atoms with Crippen LogP contribution in [-0.2, 0) is 0 Å². The van der Waals surface area contributed by atoms with Crippen LogP contribution in [0.2, 0.25) is 0 Å². The van der Waals surface area contributed by atoms with Crippen molar-refractivity contribution in [3.8, 4) is 32.8 Å². The van der Waals surface area contributed by atoms with Gasteiger partial charge in [-0.1, -0.05) is 133 Å². The molecule has 0 aliphatic carbocycles. The molecule has 0 unspecified atom stereocenters. The van der Waals surface area contributed by atoms with E-state index in [0.29, 0.717) is 0 Å². The minimum atomic E-state index is 1.05. The average Bonchev–Trinajstić information content (AvgIpc) is 3.79. The molecule has 0 fully saturated rings. The van der Waals surface area contributed by atoms with Crippen molar-refractivity contribution in [2.75, 3.05) is 4.90 Å². The molecule has 10 aromatic rings. The largest absolute Gasteiger partial charge is 0.309 e. The third kappa shape index (κ3) is 5.37. The van der Waals surface area contributed by atoms with Crippen LogP contribution < -0.4 is 4.90 Å². The number of fused-ring (bicyclic) bond motifs is 5. The first kappa shape index (κ1) is 29.8. The van der Waals surface area contributed by atoms with E-state index in [9.17, 15) is 0 Å². The van der Waals surface area contributed by atoms with E-state index in [0.717, 1.165) is 27.5 Å². The van der Waals surface area contributed by atoms with Gasteiger partial charge in [0.15, 0.2) is 0 Å². The summed E-state index contributed by atoms with van der Waals surface area (Å²) in [6.45, 7) is 0. The molecule has 0 spiro atoms. The van der Waals surface area contributed by atoms with E-state index < -0.39 is 0 Å². The quantitative estimate of drug-likeness (QED) is 0.173. The molecule has 0 saturated heterocycles. The van der Waals surface area contributed by atoms with Gasteiger partial charge >= 0.3 is 0 Å². The van der Waals surface area contributed by atoms with Gasteiger partial charge in [0.2, 0.25) is 0 Å². The third-order valence-electron chi connectivity index (χ3n) is 9.69. The van der Waals surface area contributed by atoms with Gasteiger partial charge in [0.05, 0.1) is 20.6 Å². The van der Waals surface area contributed by atoms with Gasteiger partial charge in [-0.2, -0.15) is 0 Å². The lowest BCUT2D eigenvalue weighted by atomic mass is 10.0. The Bertz CT molecular complexity index is 2840. The summed E-state index contributed by atoms with van der Waals surface area (Å²) in [6.07, 6.45) is 0. The molecule has 0 radical (unpaired) electrons. The number of thiophene rings is 1. The number of anilines is 3. The molecule has 0 N–H and O–H groups in total. The van der Waals surface area contributed by atoms with Gasteiger partial charge in [-0.25, -0.2) is 4.98 Å². The lowest BCUT2D eigenvalue weighted by molar-refractivity contribution is 1.30. The van der Waals surface area contributed by atoms with Gasteiger partial charge in [-0.05, 0) is 81.6 Å².